The molecule has 3 rings (SSSR count). The largest absolute Gasteiger partial charge is 0.481 e. The molecule has 2 aromatic carbocycles. The minimum absolute atomic E-state index is 0.0682. The molecule has 172 valence electrons. The summed E-state index contributed by atoms with van der Waals surface area (Å²) in [6.45, 7) is -0.880. The Morgan fingerprint density at radius 3 is 2.70 bits per heavy atom. The highest BCUT2D eigenvalue weighted by atomic mass is 79.9. The van der Waals surface area contributed by atoms with Crippen molar-refractivity contribution in [1.82, 2.24) is 4.90 Å². The van der Waals surface area contributed by atoms with E-state index in [1.165, 1.54) is 25.3 Å². The number of hydrogen-bond donors (Lipinski definition) is 1. The van der Waals surface area contributed by atoms with E-state index < -0.39 is 35.4 Å². The summed E-state index contributed by atoms with van der Waals surface area (Å²) in [4.78, 5) is 49.6. The first-order chi connectivity index (χ1) is 15.7. The molecule has 0 saturated carbocycles. The van der Waals surface area contributed by atoms with Crippen molar-refractivity contribution in [3.63, 3.8) is 0 Å². The first-order valence-corrected chi connectivity index (χ1v) is 11.2. The van der Waals surface area contributed by atoms with E-state index in [0.29, 0.717) is 27.5 Å². The lowest BCUT2D eigenvalue weighted by molar-refractivity contribution is -0.142. The highest BCUT2D eigenvalue weighted by Gasteiger charge is 2.36. The Hall–Kier alpha value is -2.89. The molecule has 8 nitrogen and oxygen atoms in total. The summed E-state index contributed by atoms with van der Waals surface area (Å²) in [5.74, 6) is -2.27. The molecule has 0 aromatic heterocycles. The van der Waals surface area contributed by atoms with Crippen LogP contribution in [0.1, 0.15) is 5.56 Å². The van der Waals surface area contributed by atoms with E-state index in [9.17, 15) is 23.6 Å². The van der Waals surface area contributed by atoms with Gasteiger partial charge in [-0.15, -0.1) is 0 Å². The average molecular weight is 558 g/mol. The lowest BCUT2D eigenvalue weighted by atomic mass is 10.2. The van der Waals surface area contributed by atoms with Crippen LogP contribution in [0.15, 0.2) is 45.8 Å². The summed E-state index contributed by atoms with van der Waals surface area (Å²) >= 11 is 9.67. The molecule has 0 spiro atoms. The molecule has 3 amide bonds. The highest BCUT2D eigenvalue weighted by Crippen LogP contribution is 2.35. The molecule has 1 fully saturated rings. The number of anilines is 1. The topological polar surface area (TPSA) is 102 Å². The number of ether oxygens (including phenoxy) is 2. The molecule has 0 unspecified atom stereocenters. The van der Waals surface area contributed by atoms with Crippen LogP contribution in [-0.2, 0) is 19.1 Å². The Kier molecular flexibility index (Phi) is 8.11. The Labute approximate surface area is 205 Å². The van der Waals surface area contributed by atoms with Crippen molar-refractivity contribution >= 4 is 74.1 Å². The normalized spacial score (nSPS) is 14.5. The van der Waals surface area contributed by atoms with Crippen LogP contribution in [0.5, 0.6) is 5.75 Å². The number of benzene rings is 2. The molecule has 12 heteroatoms. The number of nitrogens with one attached hydrogen (secondary N) is 1. The number of hydrogen-bond acceptors (Lipinski definition) is 7. The van der Waals surface area contributed by atoms with E-state index in [4.69, 9.17) is 16.3 Å². The van der Waals surface area contributed by atoms with Gasteiger partial charge in [0, 0.05) is 15.7 Å². The number of esters is 1. The Balaban J connectivity index is 1.74. The SMILES string of the molecule is COC(=O)COc1ccc(Br)cc1/C=C1/SC(=O)N(CC(=O)Nc2ccc(F)c(Cl)c2)C1=O. The van der Waals surface area contributed by atoms with E-state index in [2.05, 4.69) is 26.0 Å². The summed E-state index contributed by atoms with van der Waals surface area (Å²) in [5.41, 5.74) is 0.652. The molecule has 1 saturated heterocycles. The Morgan fingerprint density at radius 2 is 2.00 bits per heavy atom. The van der Waals surface area contributed by atoms with Crippen LogP contribution in [-0.4, -0.2) is 48.2 Å². The van der Waals surface area contributed by atoms with Gasteiger partial charge in [0.2, 0.25) is 5.91 Å². The fraction of sp³-hybridized carbons (Fsp3) is 0.143. The summed E-state index contributed by atoms with van der Waals surface area (Å²) in [6, 6.07) is 8.51. The molecule has 2 aromatic rings. The van der Waals surface area contributed by atoms with E-state index in [-0.39, 0.29) is 22.2 Å². The lowest BCUT2D eigenvalue weighted by Gasteiger charge is -2.13. The number of carbonyl (C=O) groups excluding carboxylic acids is 4. The van der Waals surface area contributed by atoms with Gasteiger partial charge in [0.15, 0.2) is 6.61 Å². The minimum Gasteiger partial charge on any atom is -0.481 e. The number of nitrogens with zero attached hydrogens (tertiary/aromatic N) is 1. The molecule has 0 atom stereocenters. The van der Waals surface area contributed by atoms with Gasteiger partial charge in [-0.25, -0.2) is 9.18 Å². The van der Waals surface area contributed by atoms with Crippen molar-refractivity contribution < 1.29 is 33.0 Å². The van der Waals surface area contributed by atoms with Gasteiger partial charge in [-0.2, -0.15) is 0 Å². The third-order valence-corrected chi connectivity index (χ3v) is 5.90. The fourth-order valence-corrected chi connectivity index (χ4v) is 4.04. The maximum Gasteiger partial charge on any atom is 0.343 e. The first-order valence-electron chi connectivity index (χ1n) is 9.17. The zero-order valence-electron chi connectivity index (χ0n) is 16.9. The standard InChI is InChI=1S/C21H15BrClFN2O6S/c1-31-19(28)10-32-16-5-2-12(22)6-11(16)7-17-20(29)26(21(30)33-17)9-18(27)25-13-3-4-15(24)14(23)8-13/h2-8H,9-10H2,1H3,(H,25,27)/b17-7+. The molecule has 0 aliphatic carbocycles. The van der Waals surface area contributed by atoms with Crippen molar-refractivity contribution in [1.29, 1.82) is 0 Å². The predicted molar refractivity (Wildman–Crippen MR) is 124 cm³/mol. The number of carbonyl (C=O) groups is 4. The van der Waals surface area contributed by atoms with Crippen LogP contribution in [0.25, 0.3) is 6.08 Å². The van der Waals surface area contributed by atoms with Crippen molar-refractivity contribution in [3.05, 3.63) is 62.2 Å². The number of rotatable bonds is 7. The van der Waals surface area contributed by atoms with Gasteiger partial charge in [-0.1, -0.05) is 27.5 Å². The van der Waals surface area contributed by atoms with Crippen molar-refractivity contribution in [3.8, 4) is 5.75 Å². The Bertz CT molecular complexity index is 1180. The molecule has 0 bridgehead atoms. The number of methoxy groups -OCH3 is 1. The quantitative estimate of drug-likeness (QED) is 0.396. The van der Waals surface area contributed by atoms with E-state index >= 15 is 0 Å². The number of thioether (sulfide) groups is 1. The van der Waals surface area contributed by atoms with Gasteiger partial charge >= 0.3 is 5.97 Å². The molecule has 33 heavy (non-hydrogen) atoms. The zero-order valence-corrected chi connectivity index (χ0v) is 20.1. The lowest BCUT2D eigenvalue weighted by Crippen LogP contribution is -2.36. The third-order valence-electron chi connectivity index (χ3n) is 4.21. The number of amides is 3. The van der Waals surface area contributed by atoms with Gasteiger partial charge in [0.1, 0.15) is 18.1 Å². The van der Waals surface area contributed by atoms with Gasteiger partial charge in [0.25, 0.3) is 11.1 Å². The fourth-order valence-electron chi connectivity index (χ4n) is 2.65. The molecule has 1 N–H and O–H groups in total. The second kappa shape index (κ2) is 10.8. The van der Waals surface area contributed by atoms with Crippen molar-refractivity contribution in [2.24, 2.45) is 0 Å². The van der Waals surface area contributed by atoms with Gasteiger partial charge in [-0.3, -0.25) is 19.3 Å². The second-order valence-corrected chi connectivity index (χ2v) is 8.81. The number of halogens is 3. The smallest absolute Gasteiger partial charge is 0.343 e. The Morgan fingerprint density at radius 1 is 1.24 bits per heavy atom. The third kappa shape index (κ3) is 6.34. The summed E-state index contributed by atoms with van der Waals surface area (Å²) in [6.07, 6.45) is 1.43. The zero-order chi connectivity index (χ0) is 24.1. The van der Waals surface area contributed by atoms with Crippen molar-refractivity contribution in [2.75, 3.05) is 25.6 Å². The first kappa shape index (κ1) is 24.7. The van der Waals surface area contributed by atoms with E-state index in [1.54, 1.807) is 18.2 Å². The maximum atomic E-state index is 13.3. The van der Waals surface area contributed by atoms with Crippen LogP contribution >= 0.6 is 39.3 Å². The van der Waals surface area contributed by atoms with Gasteiger partial charge in [-0.05, 0) is 54.2 Å². The van der Waals surface area contributed by atoms with Crippen LogP contribution < -0.4 is 10.1 Å². The van der Waals surface area contributed by atoms with Crippen LogP contribution in [0.4, 0.5) is 14.9 Å². The molecule has 0 radical (unpaired) electrons. The average Bonchev–Trinajstić information content (AvgIpc) is 3.02. The predicted octanol–water partition coefficient (Wildman–Crippen LogP) is 4.47. The van der Waals surface area contributed by atoms with E-state index in [0.717, 1.165) is 11.0 Å². The molecule has 1 aliphatic rings. The summed E-state index contributed by atoms with van der Waals surface area (Å²) in [5, 5.41) is 1.64. The molecular weight excluding hydrogens is 543 g/mol. The van der Waals surface area contributed by atoms with Crippen LogP contribution in [0.2, 0.25) is 5.02 Å². The number of imide groups is 1. The highest BCUT2D eigenvalue weighted by molar-refractivity contribution is 9.10. The monoisotopic (exact) mass is 556 g/mol. The molecular formula is C21H15BrClFN2O6S. The summed E-state index contributed by atoms with van der Waals surface area (Å²) in [7, 11) is 1.23. The van der Waals surface area contributed by atoms with E-state index in [1.807, 2.05) is 0 Å². The second-order valence-electron chi connectivity index (χ2n) is 6.49. The summed E-state index contributed by atoms with van der Waals surface area (Å²) < 4.78 is 23.9. The van der Waals surface area contributed by atoms with Gasteiger partial charge in [0.05, 0.1) is 17.0 Å². The molecule has 1 heterocycles. The maximum absolute atomic E-state index is 13.3. The molecule has 1 aliphatic heterocycles. The van der Waals surface area contributed by atoms with Gasteiger partial charge < -0.3 is 14.8 Å². The van der Waals surface area contributed by atoms with Crippen molar-refractivity contribution in [2.45, 2.75) is 0 Å². The van der Waals surface area contributed by atoms with Crippen LogP contribution in [0, 0.1) is 5.82 Å². The minimum atomic E-state index is -0.670. The van der Waals surface area contributed by atoms with Crippen LogP contribution in [0.3, 0.4) is 0 Å².